The Morgan fingerprint density at radius 3 is 3.00 bits per heavy atom. The zero-order valence-electron chi connectivity index (χ0n) is 11.2. The van der Waals surface area contributed by atoms with Crippen LogP contribution in [0.1, 0.15) is 20.3 Å². The number of hydrogen-bond acceptors (Lipinski definition) is 3. The molecular formula is C14H19BrN2O2. The number of benzene rings is 1. The number of amides is 1. The van der Waals surface area contributed by atoms with Gasteiger partial charge in [-0.25, -0.2) is 0 Å². The third-order valence-corrected chi connectivity index (χ3v) is 4.14. The molecule has 1 aromatic rings. The molecule has 0 radical (unpaired) electrons. The number of carbonyl (C=O) groups is 1. The molecule has 0 aliphatic carbocycles. The van der Waals surface area contributed by atoms with E-state index in [9.17, 15) is 4.79 Å². The van der Waals surface area contributed by atoms with Crippen molar-refractivity contribution in [2.24, 2.45) is 0 Å². The number of halogens is 1. The van der Waals surface area contributed by atoms with Gasteiger partial charge in [-0.2, -0.15) is 0 Å². The Morgan fingerprint density at radius 2 is 2.37 bits per heavy atom. The number of nitrogens with one attached hydrogen (secondary N) is 2. The first-order valence-electron chi connectivity index (χ1n) is 6.42. The van der Waals surface area contributed by atoms with Crippen molar-refractivity contribution in [1.82, 2.24) is 5.32 Å². The monoisotopic (exact) mass is 326 g/mol. The van der Waals surface area contributed by atoms with Crippen molar-refractivity contribution in [1.29, 1.82) is 0 Å². The zero-order chi connectivity index (χ0) is 13.9. The van der Waals surface area contributed by atoms with Crippen LogP contribution in [0.25, 0.3) is 0 Å². The van der Waals surface area contributed by atoms with E-state index in [1.807, 2.05) is 31.2 Å². The zero-order valence-corrected chi connectivity index (χ0v) is 12.8. The van der Waals surface area contributed by atoms with Crippen LogP contribution in [0.15, 0.2) is 28.7 Å². The van der Waals surface area contributed by atoms with Gasteiger partial charge in [0.25, 0.3) is 0 Å². The summed E-state index contributed by atoms with van der Waals surface area (Å²) in [6, 6.07) is 7.56. The summed E-state index contributed by atoms with van der Waals surface area (Å²) in [4.78, 5) is 11.9. The van der Waals surface area contributed by atoms with E-state index in [0.29, 0.717) is 0 Å². The highest BCUT2D eigenvalue weighted by Gasteiger charge is 2.36. The maximum atomic E-state index is 11.9. The number of carbonyl (C=O) groups excluding carboxylic acids is 1. The van der Waals surface area contributed by atoms with Crippen molar-refractivity contribution in [3.8, 4) is 0 Å². The molecule has 2 N–H and O–H groups in total. The average Bonchev–Trinajstić information content (AvgIpc) is 2.68. The molecule has 2 unspecified atom stereocenters. The lowest BCUT2D eigenvalue weighted by Gasteiger charge is -2.28. The van der Waals surface area contributed by atoms with Crippen LogP contribution in [0.5, 0.6) is 0 Å². The number of anilines is 1. The highest BCUT2D eigenvalue weighted by atomic mass is 79.9. The minimum absolute atomic E-state index is 0.0431. The third-order valence-electron chi connectivity index (χ3n) is 3.65. The second-order valence-corrected chi connectivity index (χ2v) is 6.01. The summed E-state index contributed by atoms with van der Waals surface area (Å²) in [6.07, 6.45) is 1.06. The van der Waals surface area contributed by atoms with E-state index in [1.165, 1.54) is 0 Å². The van der Waals surface area contributed by atoms with Gasteiger partial charge in [-0.3, -0.25) is 4.79 Å². The van der Waals surface area contributed by atoms with Gasteiger partial charge in [0, 0.05) is 22.3 Å². The summed E-state index contributed by atoms with van der Waals surface area (Å²) in [5, 5.41) is 6.16. The molecule has 0 bridgehead atoms. The van der Waals surface area contributed by atoms with Crippen LogP contribution in [-0.2, 0) is 9.53 Å². The molecule has 104 valence electrons. The number of ether oxygens (including phenoxy) is 1. The van der Waals surface area contributed by atoms with Crippen LogP contribution < -0.4 is 10.6 Å². The Morgan fingerprint density at radius 1 is 1.58 bits per heavy atom. The van der Waals surface area contributed by atoms with Crippen molar-refractivity contribution in [2.75, 3.05) is 18.5 Å². The quantitative estimate of drug-likeness (QED) is 0.894. The van der Waals surface area contributed by atoms with Gasteiger partial charge in [0.2, 0.25) is 5.91 Å². The lowest BCUT2D eigenvalue weighted by Crippen LogP contribution is -2.50. The molecule has 1 aliphatic heterocycles. The van der Waals surface area contributed by atoms with E-state index in [2.05, 4.69) is 33.5 Å². The van der Waals surface area contributed by atoms with Gasteiger partial charge < -0.3 is 15.4 Å². The topological polar surface area (TPSA) is 50.4 Å². The van der Waals surface area contributed by atoms with Gasteiger partial charge in [-0.15, -0.1) is 0 Å². The Labute approximate surface area is 122 Å². The maximum absolute atomic E-state index is 11.9. The summed E-state index contributed by atoms with van der Waals surface area (Å²) in [5.41, 5.74) is 0.677. The van der Waals surface area contributed by atoms with Crippen LogP contribution in [0.2, 0.25) is 0 Å². The standard InChI is InChI=1S/C14H19BrN2O2/c1-10-14(2,6-7-19-10)16-9-13(18)17-12-5-3-4-11(15)8-12/h3-5,8,10,16H,6-7,9H2,1-2H3,(H,17,18). The van der Waals surface area contributed by atoms with Gasteiger partial charge >= 0.3 is 0 Å². The molecule has 0 spiro atoms. The molecular weight excluding hydrogens is 308 g/mol. The fourth-order valence-corrected chi connectivity index (χ4v) is 2.52. The minimum Gasteiger partial charge on any atom is -0.377 e. The third kappa shape index (κ3) is 3.78. The van der Waals surface area contributed by atoms with Crippen LogP contribution in [0.3, 0.4) is 0 Å². The van der Waals surface area contributed by atoms with E-state index in [4.69, 9.17) is 4.74 Å². The van der Waals surface area contributed by atoms with Gasteiger partial charge in [-0.05, 0) is 38.5 Å². The summed E-state index contributed by atoms with van der Waals surface area (Å²) in [5.74, 6) is -0.0431. The first-order valence-corrected chi connectivity index (χ1v) is 7.21. The molecule has 1 amide bonds. The van der Waals surface area contributed by atoms with E-state index < -0.39 is 0 Å². The number of hydrogen-bond donors (Lipinski definition) is 2. The molecule has 1 saturated heterocycles. The normalized spacial score (nSPS) is 26.4. The largest absolute Gasteiger partial charge is 0.377 e. The van der Waals surface area contributed by atoms with E-state index in [0.717, 1.165) is 23.2 Å². The summed E-state index contributed by atoms with van der Waals surface area (Å²) in [7, 11) is 0. The second-order valence-electron chi connectivity index (χ2n) is 5.09. The Bertz CT molecular complexity index is 467. The Kier molecular flexibility index (Phi) is 4.60. The molecule has 2 atom stereocenters. The highest BCUT2D eigenvalue weighted by Crippen LogP contribution is 2.24. The molecule has 4 nitrogen and oxygen atoms in total. The van der Waals surface area contributed by atoms with Crippen molar-refractivity contribution in [2.45, 2.75) is 31.9 Å². The first-order chi connectivity index (χ1) is 8.99. The van der Waals surface area contributed by atoms with Gasteiger partial charge in [0.05, 0.1) is 12.6 Å². The van der Waals surface area contributed by atoms with Gasteiger partial charge in [0.1, 0.15) is 0 Å². The smallest absolute Gasteiger partial charge is 0.238 e. The van der Waals surface area contributed by atoms with Crippen molar-refractivity contribution >= 4 is 27.5 Å². The summed E-state index contributed by atoms with van der Waals surface area (Å²) < 4.78 is 6.48. The van der Waals surface area contributed by atoms with Crippen LogP contribution in [0.4, 0.5) is 5.69 Å². The fourth-order valence-electron chi connectivity index (χ4n) is 2.12. The van der Waals surface area contributed by atoms with Crippen LogP contribution in [-0.4, -0.2) is 30.7 Å². The SMILES string of the molecule is CC1OCCC1(C)NCC(=O)Nc1cccc(Br)c1. The molecule has 1 heterocycles. The van der Waals surface area contributed by atoms with Gasteiger partial charge in [-0.1, -0.05) is 22.0 Å². The fraction of sp³-hybridized carbons (Fsp3) is 0.500. The molecule has 2 rings (SSSR count). The van der Waals surface area contributed by atoms with Crippen molar-refractivity contribution < 1.29 is 9.53 Å². The van der Waals surface area contributed by atoms with Crippen LogP contribution in [0, 0.1) is 0 Å². The lowest BCUT2D eigenvalue weighted by atomic mass is 9.95. The van der Waals surface area contributed by atoms with Crippen molar-refractivity contribution in [3.05, 3.63) is 28.7 Å². The molecule has 1 fully saturated rings. The van der Waals surface area contributed by atoms with Crippen molar-refractivity contribution in [3.63, 3.8) is 0 Å². The first kappa shape index (κ1) is 14.5. The number of rotatable bonds is 4. The molecule has 1 aliphatic rings. The van der Waals surface area contributed by atoms with E-state index in [-0.39, 0.29) is 24.1 Å². The predicted molar refractivity (Wildman–Crippen MR) is 79.2 cm³/mol. The molecule has 19 heavy (non-hydrogen) atoms. The van der Waals surface area contributed by atoms with E-state index >= 15 is 0 Å². The highest BCUT2D eigenvalue weighted by molar-refractivity contribution is 9.10. The molecule has 0 aromatic heterocycles. The lowest BCUT2D eigenvalue weighted by molar-refractivity contribution is -0.115. The Balaban J connectivity index is 1.85. The molecule has 5 heteroatoms. The molecule has 1 aromatic carbocycles. The minimum atomic E-state index is -0.116. The van der Waals surface area contributed by atoms with E-state index in [1.54, 1.807) is 0 Å². The molecule has 0 saturated carbocycles. The Hall–Kier alpha value is -0.910. The summed E-state index contributed by atoms with van der Waals surface area (Å²) in [6.45, 7) is 5.16. The second kappa shape index (κ2) is 6.03. The average molecular weight is 327 g/mol. The predicted octanol–water partition coefficient (Wildman–Crippen LogP) is 2.54. The van der Waals surface area contributed by atoms with Crippen LogP contribution >= 0.6 is 15.9 Å². The van der Waals surface area contributed by atoms with Gasteiger partial charge in [0.15, 0.2) is 0 Å². The maximum Gasteiger partial charge on any atom is 0.238 e. The summed E-state index contributed by atoms with van der Waals surface area (Å²) >= 11 is 3.38.